The van der Waals surface area contributed by atoms with Crippen molar-refractivity contribution in [3.8, 4) is 5.75 Å². The number of rotatable bonds is 6. The quantitative estimate of drug-likeness (QED) is 0.779. The molecule has 1 aliphatic heterocycles. The Labute approximate surface area is 171 Å². The number of nitrogens with one attached hydrogen (secondary N) is 1. The van der Waals surface area contributed by atoms with E-state index < -0.39 is 10.0 Å². The van der Waals surface area contributed by atoms with Crippen molar-refractivity contribution in [2.24, 2.45) is 0 Å². The number of amides is 1. The van der Waals surface area contributed by atoms with Crippen LogP contribution < -0.4 is 10.1 Å². The van der Waals surface area contributed by atoms with Crippen LogP contribution in [-0.4, -0.2) is 50.5 Å². The third-order valence-electron chi connectivity index (χ3n) is 4.57. The Bertz CT molecular complexity index is 949. The Balaban J connectivity index is 1.74. The average Bonchev–Trinajstić information content (AvgIpc) is 2.68. The van der Waals surface area contributed by atoms with E-state index in [0.717, 1.165) is 0 Å². The second-order valence-corrected chi connectivity index (χ2v) is 8.92. The Morgan fingerprint density at radius 2 is 1.72 bits per heavy atom. The number of carbonyl (C=O) groups excluding carboxylic acids is 1. The zero-order valence-electron chi connectivity index (χ0n) is 16.8. The van der Waals surface area contributed by atoms with Crippen LogP contribution in [0.1, 0.15) is 31.1 Å². The normalized spacial score (nSPS) is 20.2. The predicted octanol–water partition coefficient (Wildman–Crippen LogP) is 3.14. The largest absolute Gasteiger partial charge is 0.493 e. The van der Waals surface area contributed by atoms with Crippen molar-refractivity contribution >= 4 is 21.6 Å². The van der Waals surface area contributed by atoms with E-state index in [4.69, 9.17) is 9.47 Å². The minimum absolute atomic E-state index is 0.155. The van der Waals surface area contributed by atoms with Gasteiger partial charge in [-0.3, -0.25) is 4.79 Å². The summed E-state index contributed by atoms with van der Waals surface area (Å²) >= 11 is 0. The number of hydrogen-bond donors (Lipinski definition) is 1. The molecule has 0 radical (unpaired) electrons. The number of hydrogen-bond acceptors (Lipinski definition) is 5. The number of benzene rings is 2. The van der Waals surface area contributed by atoms with Crippen molar-refractivity contribution in [1.29, 1.82) is 0 Å². The van der Waals surface area contributed by atoms with E-state index in [2.05, 4.69) is 5.32 Å². The molecule has 29 heavy (non-hydrogen) atoms. The van der Waals surface area contributed by atoms with Gasteiger partial charge >= 0.3 is 0 Å². The highest BCUT2D eigenvalue weighted by Crippen LogP contribution is 2.24. The fourth-order valence-corrected chi connectivity index (χ4v) is 4.91. The molecule has 2 aromatic rings. The highest BCUT2D eigenvalue weighted by atomic mass is 32.2. The number of carbonyl (C=O) groups is 1. The van der Waals surface area contributed by atoms with Gasteiger partial charge in [-0.15, -0.1) is 0 Å². The van der Waals surface area contributed by atoms with Crippen molar-refractivity contribution in [3.05, 3.63) is 54.1 Å². The number of nitrogens with zero attached hydrogens (tertiary/aromatic N) is 1. The second-order valence-electron chi connectivity index (χ2n) is 6.99. The molecule has 1 aliphatic rings. The van der Waals surface area contributed by atoms with Gasteiger partial charge in [0.25, 0.3) is 5.91 Å². The Hall–Kier alpha value is -2.42. The number of para-hydroxylation sites is 1. The van der Waals surface area contributed by atoms with Crippen molar-refractivity contribution in [2.45, 2.75) is 37.9 Å². The van der Waals surface area contributed by atoms with Gasteiger partial charge in [0, 0.05) is 18.8 Å². The Morgan fingerprint density at radius 3 is 2.34 bits per heavy atom. The van der Waals surface area contributed by atoms with Gasteiger partial charge in [-0.05, 0) is 57.2 Å². The zero-order chi connectivity index (χ0) is 21.0. The van der Waals surface area contributed by atoms with Crippen molar-refractivity contribution in [2.75, 3.05) is 25.0 Å². The molecule has 3 rings (SSSR count). The number of sulfonamides is 1. The highest BCUT2D eigenvalue weighted by Gasteiger charge is 2.32. The molecule has 0 bridgehead atoms. The average molecular weight is 419 g/mol. The molecule has 1 N–H and O–H groups in total. The Morgan fingerprint density at radius 1 is 1.10 bits per heavy atom. The first-order valence-corrected chi connectivity index (χ1v) is 11.0. The van der Waals surface area contributed by atoms with Crippen molar-refractivity contribution < 1.29 is 22.7 Å². The molecule has 2 atom stereocenters. The van der Waals surface area contributed by atoms with Crippen LogP contribution in [0.2, 0.25) is 0 Å². The van der Waals surface area contributed by atoms with Crippen LogP contribution in [0.25, 0.3) is 0 Å². The molecule has 2 aromatic carbocycles. The first-order chi connectivity index (χ1) is 13.8. The van der Waals surface area contributed by atoms with E-state index >= 15 is 0 Å². The summed E-state index contributed by atoms with van der Waals surface area (Å²) in [5, 5.41) is 2.78. The molecule has 156 valence electrons. The molecule has 0 unspecified atom stereocenters. The van der Waals surface area contributed by atoms with Crippen LogP contribution >= 0.6 is 0 Å². The fraction of sp³-hybridized carbons (Fsp3) is 0.381. The smallest absolute Gasteiger partial charge is 0.259 e. The number of ether oxygens (including phenoxy) is 2. The molecule has 0 saturated carbocycles. The monoisotopic (exact) mass is 418 g/mol. The SMILES string of the molecule is CCOc1ccccc1C(=O)Nc1ccc(S(=O)(=O)N2C[C@@H](C)O[C@@H](C)C2)cc1. The van der Waals surface area contributed by atoms with E-state index in [0.29, 0.717) is 36.7 Å². The van der Waals surface area contributed by atoms with Gasteiger partial charge in [0.2, 0.25) is 10.0 Å². The van der Waals surface area contributed by atoms with Gasteiger partial charge in [-0.2, -0.15) is 4.31 Å². The maximum absolute atomic E-state index is 12.9. The lowest BCUT2D eigenvalue weighted by molar-refractivity contribution is -0.0440. The first-order valence-electron chi connectivity index (χ1n) is 9.60. The van der Waals surface area contributed by atoms with Crippen LogP contribution in [0, 0.1) is 0 Å². The Kier molecular flexibility index (Phi) is 6.56. The number of morpholine rings is 1. The molecular weight excluding hydrogens is 392 g/mol. The van der Waals surface area contributed by atoms with E-state index in [9.17, 15) is 13.2 Å². The van der Waals surface area contributed by atoms with Gasteiger partial charge in [-0.1, -0.05) is 12.1 Å². The first kappa shape index (κ1) is 21.3. The van der Waals surface area contributed by atoms with E-state index in [1.807, 2.05) is 20.8 Å². The molecule has 1 amide bonds. The second kappa shape index (κ2) is 8.94. The predicted molar refractivity (Wildman–Crippen MR) is 111 cm³/mol. The lowest BCUT2D eigenvalue weighted by Crippen LogP contribution is -2.48. The minimum Gasteiger partial charge on any atom is -0.493 e. The molecule has 8 heteroatoms. The van der Waals surface area contributed by atoms with Crippen LogP contribution in [0.4, 0.5) is 5.69 Å². The van der Waals surface area contributed by atoms with Crippen molar-refractivity contribution in [3.63, 3.8) is 0 Å². The van der Waals surface area contributed by atoms with E-state index in [-0.39, 0.29) is 23.0 Å². The molecule has 7 nitrogen and oxygen atoms in total. The van der Waals surface area contributed by atoms with E-state index in [1.165, 1.54) is 16.4 Å². The maximum Gasteiger partial charge on any atom is 0.259 e. The van der Waals surface area contributed by atoms with Crippen LogP contribution in [0.5, 0.6) is 5.75 Å². The van der Waals surface area contributed by atoms with Gasteiger partial charge < -0.3 is 14.8 Å². The third kappa shape index (κ3) is 4.95. The summed E-state index contributed by atoms with van der Waals surface area (Å²) in [5.41, 5.74) is 0.923. The summed E-state index contributed by atoms with van der Waals surface area (Å²) in [6.45, 7) is 6.66. The maximum atomic E-state index is 12.9. The summed E-state index contributed by atoms with van der Waals surface area (Å²) in [4.78, 5) is 12.8. The van der Waals surface area contributed by atoms with Gasteiger partial charge in [0.05, 0.1) is 29.3 Å². The molecule has 1 heterocycles. The summed E-state index contributed by atoms with van der Waals surface area (Å²) in [5.74, 6) is 0.183. The number of anilines is 1. The summed E-state index contributed by atoms with van der Waals surface area (Å²) in [6.07, 6.45) is -0.310. The summed E-state index contributed by atoms with van der Waals surface area (Å²) < 4.78 is 38.4. The zero-order valence-corrected chi connectivity index (χ0v) is 17.6. The highest BCUT2D eigenvalue weighted by molar-refractivity contribution is 7.89. The standard InChI is InChI=1S/C21H26N2O5S/c1-4-27-20-8-6-5-7-19(20)21(24)22-17-9-11-18(12-10-17)29(25,26)23-13-15(2)28-16(3)14-23/h5-12,15-16H,4,13-14H2,1-3H3,(H,22,24)/t15-,16+. The van der Waals surface area contributed by atoms with Gasteiger partial charge in [-0.25, -0.2) is 8.42 Å². The molecule has 0 aromatic heterocycles. The van der Waals surface area contributed by atoms with Crippen molar-refractivity contribution in [1.82, 2.24) is 4.31 Å². The lowest BCUT2D eigenvalue weighted by Gasteiger charge is -2.34. The molecule has 1 saturated heterocycles. The van der Waals surface area contributed by atoms with Crippen LogP contribution in [-0.2, 0) is 14.8 Å². The van der Waals surface area contributed by atoms with E-state index in [1.54, 1.807) is 36.4 Å². The summed E-state index contributed by atoms with van der Waals surface area (Å²) in [7, 11) is -3.62. The summed E-state index contributed by atoms with van der Waals surface area (Å²) in [6, 6.07) is 13.2. The molecule has 1 fully saturated rings. The topological polar surface area (TPSA) is 84.9 Å². The fourth-order valence-electron chi connectivity index (χ4n) is 3.32. The third-order valence-corrected chi connectivity index (χ3v) is 6.41. The minimum atomic E-state index is -3.62. The van der Waals surface area contributed by atoms with Crippen LogP contribution in [0.15, 0.2) is 53.4 Å². The lowest BCUT2D eigenvalue weighted by atomic mass is 10.2. The van der Waals surface area contributed by atoms with Gasteiger partial charge in [0.15, 0.2) is 0 Å². The van der Waals surface area contributed by atoms with Gasteiger partial charge in [0.1, 0.15) is 5.75 Å². The van der Waals surface area contributed by atoms with Crippen LogP contribution in [0.3, 0.4) is 0 Å². The molecule has 0 aliphatic carbocycles. The molecular formula is C21H26N2O5S. The molecule has 0 spiro atoms.